The molecule has 13 heteroatoms. The van der Waals surface area contributed by atoms with E-state index in [2.05, 4.69) is 20.9 Å². The summed E-state index contributed by atoms with van der Waals surface area (Å²) in [6, 6.07) is 12.7. The van der Waals surface area contributed by atoms with E-state index in [4.69, 9.17) is 4.74 Å². The number of likely N-dealkylation sites (tertiary alicyclic amines) is 3. The quantitative estimate of drug-likeness (QED) is 0.335. The third-order valence-electron chi connectivity index (χ3n) is 10.4. The van der Waals surface area contributed by atoms with Gasteiger partial charge in [0.15, 0.2) is 0 Å². The van der Waals surface area contributed by atoms with Crippen molar-refractivity contribution in [2.24, 2.45) is 0 Å². The van der Waals surface area contributed by atoms with Gasteiger partial charge in [-0.15, -0.1) is 0 Å². The maximum Gasteiger partial charge on any atom is 0.338 e. The first-order valence-electron chi connectivity index (χ1n) is 18.1. The highest BCUT2D eigenvalue weighted by molar-refractivity contribution is 5.97. The van der Waals surface area contributed by atoms with Crippen molar-refractivity contribution in [3.63, 3.8) is 0 Å². The van der Waals surface area contributed by atoms with Gasteiger partial charge in [0.2, 0.25) is 11.8 Å². The lowest BCUT2D eigenvalue weighted by atomic mass is 9.98. The molecule has 4 aliphatic rings. The molecule has 0 aromatic heterocycles. The van der Waals surface area contributed by atoms with Gasteiger partial charge in [-0.1, -0.05) is 24.6 Å². The summed E-state index contributed by atoms with van der Waals surface area (Å²) in [7, 11) is 0. The average Bonchev–Trinajstić information content (AvgIpc) is 3.15. The highest BCUT2D eigenvalue weighted by Crippen LogP contribution is 2.28. The summed E-state index contributed by atoms with van der Waals surface area (Å²) in [5.74, 6) is -0.926. The van der Waals surface area contributed by atoms with Crippen LogP contribution in [0.4, 0.5) is 21.0 Å². The fraction of sp³-hybridized carbons (Fsp3) is 0.541. The Kier molecular flexibility index (Phi) is 11.5. The van der Waals surface area contributed by atoms with E-state index in [1.54, 1.807) is 41.0 Å². The number of hydrogen-bond donors (Lipinski definition) is 3. The summed E-state index contributed by atoms with van der Waals surface area (Å²) >= 11 is 0. The Morgan fingerprint density at radius 1 is 0.840 bits per heavy atom. The fourth-order valence-electron chi connectivity index (χ4n) is 7.63. The van der Waals surface area contributed by atoms with Crippen molar-refractivity contribution in [1.82, 2.24) is 24.9 Å². The van der Waals surface area contributed by atoms with Gasteiger partial charge in [-0.25, -0.2) is 14.4 Å². The first-order valence-corrected chi connectivity index (χ1v) is 18.1. The number of carbonyl (C=O) groups excluding carboxylic acids is 5. The lowest BCUT2D eigenvalue weighted by Gasteiger charge is -2.41. The zero-order valence-electron chi connectivity index (χ0n) is 28.9. The van der Waals surface area contributed by atoms with Crippen LogP contribution < -0.4 is 16.0 Å². The molecule has 3 saturated heterocycles. The number of ether oxygens (including phenoxy) is 1. The van der Waals surface area contributed by atoms with Crippen LogP contribution in [0.3, 0.4) is 0 Å². The lowest BCUT2D eigenvalue weighted by molar-refractivity contribution is -0.140. The number of benzene rings is 2. The lowest BCUT2D eigenvalue weighted by Crippen LogP contribution is -2.56. The van der Waals surface area contributed by atoms with Crippen LogP contribution in [-0.2, 0) is 20.9 Å². The second-order valence-corrected chi connectivity index (χ2v) is 13.6. The average molecular weight is 688 g/mol. The number of nitrogens with one attached hydrogen (secondary N) is 3. The molecule has 0 radical (unpaired) electrons. The third kappa shape index (κ3) is 8.55. The minimum absolute atomic E-state index is 0.00912. The van der Waals surface area contributed by atoms with Gasteiger partial charge in [0.05, 0.1) is 18.6 Å². The molecule has 0 spiro atoms. The molecule has 0 unspecified atom stereocenters. The predicted octanol–water partition coefficient (Wildman–Crippen LogP) is 4.26. The van der Waals surface area contributed by atoms with Gasteiger partial charge in [0.25, 0.3) is 0 Å². The summed E-state index contributed by atoms with van der Waals surface area (Å²) in [5.41, 5.74) is 2.69. The number of urea groups is 2. The minimum Gasteiger partial charge on any atom is -0.462 e. The third-order valence-corrected chi connectivity index (χ3v) is 10.4. The molecule has 13 nitrogen and oxygen atoms in total. The number of nitrogens with zero attached hydrogens (tertiary/aromatic N) is 4. The van der Waals surface area contributed by atoms with Crippen LogP contribution in [0.15, 0.2) is 48.5 Å². The van der Waals surface area contributed by atoms with Gasteiger partial charge in [0, 0.05) is 56.2 Å². The van der Waals surface area contributed by atoms with Crippen LogP contribution >= 0.6 is 0 Å². The van der Waals surface area contributed by atoms with Gasteiger partial charge in [-0.05, 0) is 94.4 Å². The first-order chi connectivity index (χ1) is 24.3. The van der Waals surface area contributed by atoms with Crippen LogP contribution in [0.2, 0.25) is 0 Å². The molecule has 1 atom stereocenters. The number of esters is 1. The van der Waals surface area contributed by atoms with Gasteiger partial charge in [0.1, 0.15) is 6.04 Å². The second-order valence-electron chi connectivity index (χ2n) is 13.6. The van der Waals surface area contributed by atoms with Crippen LogP contribution in [-0.4, -0.2) is 113 Å². The number of hydrogen-bond acceptors (Lipinski definition) is 7. The molecule has 50 heavy (non-hydrogen) atoms. The Morgan fingerprint density at radius 2 is 1.50 bits per heavy atom. The maximum absolute atomic E-state index is 14.0. The standard InChI is InChI=1S/C37H49N7O6/c1-2-50-35(47)26-10-12-28(13-11-26)38-36(48)39-32(34(46)43-22-14-29(15-23-43)41-18-6-3-7-19-41)24-33(45)42-20-16-30(17-21-42)44-25-27-8-4-5-9-31(27)40-37(44)49/h4-5,8-13,29-30,32H,2-3,6-7,14-25H2,1H3,(H,40,49)(H2,38,39,48)/t32-/m0/s1. The minimum atomic E-state index is -1.05. The number of fused-ring (bicyclic) bond motifs is 1. The van der Waals surface area contributed by atoms with Crippen molar-refractivity contribution in [3.8, 4) is 0 Å². The van der Waals surface area contributed by atoms with E-state index in [1.807, 2.05) is 29.2 Å². The number of piperidine rings is 3. The summed E-state index contributed by atoms with van der Waals surface area (Å²) in [6.45, 7) is 6.78. The number of amides is 6. The molecular formula is C37H49N7O6. The Morgan fingerprint density at radius 3 is 2.20 bits per heavy atom. The number of carbonyl (C=O) groups is 5. The van der Waals surface area contributed by atoms with E-state index in [9.17, 15) is 24.0 Å². The van der Waals surface area contributed by atoms with E-state index < -0.39 is 18.0 Å². The van der Waals surface area contributed by atoms with Crippen LogP contribution in [0.1, 0.15) is 74.2 Å². The summed E-state index contributed by atoms with van der Waals surface area (Å²) in [4.78, 5) is 73.7. The van der Waals surface area contributed by atoms with Gasteiger partial charge in [-0.3, -0.25) is 9.59 Å². The molecule has 4 heterocycles. The maximum atomic E-state index is 14.0. The molecule has 2 aromatic carbocycles. The molecule has 6 amide bonds. The van der Waals surface area contributed by atoms with Gasteiger partial charge >= 0.3 is 18.0 Å². The first kappa shape index (κ1) is 35.2. The second kappa shape index (κ2) is 16.4. The van der Waals surface area contributed by atoms with Crippen molar-refractivity contribution in [2.75, 3.05) is 56.5 Å². The topological polar surface area (TPSA) is 144 Å². The number of para-hydroxylation sites is 1. The molecule has 0 saturated carbocycles. The SMILES string of the molecule is CCOC(=O)c1ccc(NC(=O)N[C@@H](CC(=O)N2CCC(N3Cc4ccccc4NC3=O)CC2)C(=O)N2CCC(N3CCCCC3)CC2)cc1. The molecular weight excluding hydrogens is 638 g/mol. The molecule has 2 aromatic rings. The van der Waals surface area contributed by atoms with Crippen LogP contribution in [0, 0.1) is 0 Å². The van der Waals surface area contributed by atoms with Crippen LogP contribution in [0.5, 0.6) is 0 Å². The molecule has 268 valence electrons. The zero-order valence-corrected chi connectivity index (χ0v) is 28.9. The van der Waals surface area contributed by atoms with Crippen molar-refractivity contribution in [2.45, 2.75) is 83.0 Å². The normalized spacial score (nSPS) is 19.6. The summed E-state index contributed by atoms with van der Waals surface area (Å²) in [5, 5.41) is 8.50. The van der Waals surface area contributed by atoms with E-state index >= 15 is 0 Å². The molecule has 6 rings (SSSR count). The zero-order chi connectivity index (χ0) is 35.0. The Balaban J connectivity index is 1.07. The number of rotatable bonds is 9. The molecule has 0 aliphatic carbocycles. The number of anilines is 2. The van der Waals surface area contributed by atoms with Crippen LogP contribution in [0.25, 0.3) is 0 Å². The summed E-state index contributed by atoms with van der Waals surface area (Å²) in [6.07, 6.45) is 6.52. The highest BCUT2D eigenvalue weighted by Gasteiger charge is 2.36. The molecule has 3 fully saturated rings. The van der Waals surface area contributed by atoms with Crippen molar-refractivity contribution < 1.29 is 28.7 Å². The molecule has 3 N–H and O–H groups in total. The smallest absolute Gasteiger partial charge is 0.338 e. The van der Waals surface area contributed by atoms with Crippen molar-refractivity contribution in [1.29, 1.82) is 0 Å². The fourth-order valence-corrected chi connectivity index (χ4v) is 7.63. The Bertz CT molecular complexity index is 1530. The Hall–Kier alpha value is -4.65. The van der Waals surface area contributed by atoms with E-state index in [0.717, 1.165) is 37.2 Å². The highest BCUT2D eigenvalue weighted by atomic mass is 16.5. The monoisotopic (exact) mass is 687 g/mol. The largest absolute Gasteiger partial charge is 0.462 e. The molecule has 0 bridgehead atoms. The van der Waals surface area contributed by atoms with Crippen molar-refractivity contribution >= 4 is 41.2 Å². The van der Waals surface area contributed by atoms with E-state index in [1.165, 1.54) is 19.3 Å². The van der Waals surface area contributed by atoms with Gasteiger partial charge in [-0.2, -0.15) is 0 Å². The van der Waals surface area contributed by atoms with Gasteiger partial charge < -0.3 is 40.3 Å². The van der Waals surface area contributed by atoms with E-state index in [0.29, 0.717) is 62.9 Å². The predicted molar refractivity (Wildman–Crippen MR) is 189 cm³/mol. The summed E-state index contributed by atoms with van der Waals surface area (Å²) < 4.78 is 5.03. The Labute approximate surface area is 293 Å². The van der Waals surface area contributed by atoms with E-state index in [-0.39, 0.29) is 36.9 Å². The molecule has 4 aliphatic heterocycles. The van der Waals surface area contributed by atoms with Crippen molar-refractivity contribution in [3.05, 3.63) is 59.7 Å².